The highest BCUT2D eigenvalue weighted by atomic mass is 16.5. The van der Waals surface area contributed by atoms with Gasteiger partial charge in [0.1, 0.15) is 0 Å². The summed E-state index contributed by atoms with van der Waals surface area (Å²) in [4.78, 5) is 38.8. The number of hydrogen-bond acceptors (Lipinski definition) is 4. The Hall–Kier alpha value is -3.19. The lowest BCUT2D eigenvalue weighted by atomic mass is 10.2. The van der Waals surface area contributed by atoms with Gasteiger partial charge in [-0.05, 0) is 36.4 Å². The molecule has 0 aliphatic carbocycles. The summed E-state index contributed by atoms with van der Waals surface area (Å²) in [5.74, 6) is -0.230. The van der Waals surface area contributed by atoms with Gasteiger partial charge in [-0.25, -0.2) is 0 Å². The quantitative estimate of drug-likeness (QED) is 0.537. The van der Waals surface area contributed by atoms with Crippen molar-refractivity contribution in [1.29, 1.82) is 0 Å². The Morgan fingerprint density at radius 3 is 2.56 bits per heavy atom. The number of rotatable bonds is 5. The van der Waals surface area contributed by atoms with Crippen molar-refractivity contribution < 1.29 is 9.53 Å². The van der Waals surface area contributed by atoms with E-state index in [2.05, 4.69) is 10.3 Å². The standard InChI is InChI=1S/C18H17N3O4/c1-25-11-10-19-16(22)12-6-8-13(9-7-12)21-15-5-3-2-4-14(15)20-17(23)18(21)24/h2-9H,10-11H2,1H3,(H,19,22)(H,20,23). The number of aromatic nitrogens is 2. The third-order valence-electron chi connectivity index (χ3n) is 3.77. The van der Waals surface area contributed by atoms with Crippen LogP contribution in [0.1, 0.15) is 10.4 Å². The molecule has 3 aromatic rings. The van der Waals surface area contributed by atoms with Gasteiger partial charge < -0.3 is 15.0 Å². The molecule has 0 aliphatic rings. The molecule has 0 aliphatic heterocycles. The number of nitrogens with zero attached hydrogens (tertiary/aromatic N) is 1. The molecule has 0 saturated heterocycles. The van der Waals surface area contributed by atoms with E-state index in [9.17, 15) is 14.4 Å². The molecular formula is C18H17N3O4. The summed E-state index contributed by atoms with van der Waals surface area (Å²) in [6.45, 7) is 0.841. The number of aromatic amines is 1. The van der Waals surface area contributed by atoms with Crippen molar-refractivity contribution in [2.24, 2.45) is 0 Å². The average Bonchev–Trinajstić information content (AvgIpc) is 2.63. The van der Waals surface area contributed by atoms with Crippen molar-refractivity contribution in [2.45, 2.75) is 0 Å². The monoisotopic (exact) mass is 339 g/mol. The summed E-state index contributed by atoms with van der Waals surface area (Å²) in [6, 6.07) is 13.5. The highest BCUT2D eigenvalue weighted by molar-refractivity contribution is 5.94. The Morgan fingerprint density at radius 2 is 1.84 bits per heavy atom. The van der Waals surface area contributed by atoms with Crippen molar-refractivity contribution in [3.8, 4) is 5.69 Å². The Balaban J connectivity index is 2.00. The molecule has 0 fully saturated rings. The second-order valence-electron chi connectivity index (χ2n) is 5.41. The normalized spacial score (nSPS) is 10.8. The molecule has 1 aromatic heterocycles. The van der Waals surface area contributed by atoms with Gasteiger partial charge in [-0.15, -0.1) is 0 Å². The summed E-state index contributed by atoms with van der Waals surface area (Å²) in [6.07, 6.45) is 0. The zero-order valence-electron chi connectivity index (χ0n) is 13.6. The number of carbonyl (C=O) groups excluding carboxylic acids is 1. The van der Waals surface area contributed by atoms with Gasteiger partial charge >= 0.3 is 11.1 Å². The van der Waals surface area contributed by atoms with E-state index in [1.54, 1.807) is 55.6 Å². The van der Waals surface area contributed by atoms with Crippen molar-refractivity contribution in [3.63, 3.8) is 0 Å². The SMILES string of the molecule is COCCNC(=O)c1ccc(-n2c(=O)c(=O)[nH]c3ccccc32)cc1. The van der Waals surface area contributed by atoms with Crippen LogP contribution in [0, 0.1) is 0 Å². The molecule has 2 aromatic carbocycles. The molecule has 2 N–H and O–H groups in total. The van der Waals surface area contributed by atoms with Gasteiger partial charge in [-0.1, -0.05) is 12.1 Å². The lowest BCUT2D eigenvalue weighted by molar-refractivity contribution is 0.0937. The van der Waals surface area contributed by atoms with Crippen LogP contribution in [0.4, 0.5) is 0 Å². The molecule has 0 bridgehead atoms. The van der Waals surface area contributed by atoms with Crippen molar-refractivity contribution in [2.75, 3.05) is 20.3 Å². The van der Waals surface area contributed by atoms with E-state index in [1.165, 1.54) is 4.57 Å². The van der Waals surface area contributed by atoms with Crippen LogP contribution in [-0.2, 0) is 4.74 Å². The molecule has 7 heteroatoms. The Morgan fingerprint density at radius 1 is 1.12 bits per heavy atom. The van der Waals surface area contributed by atoms with Crippen LogP contribution in [0.25, 0.3) is 16.7 Å². The van der Waals surface area contributed by atoms with Crippen molar-refractivity contribution in [3.05, 3.63) is 74.8 Å². The lowest BCUT2D eigenvalue weighted by Crippen LogP contribution is -2.35. The minimum Gasteiger partial charge on any atom is -0.383 e. The van der Waals surface area contributed by atoms with Gasteiger partial charge in [0.15, 0.2) is 0 Å². The summed E-state index contributed by atoms with van der Waals surface area (Å²) >= 11 is 0. The van der Waals surface area contributed by atoms with Gasteiger partial charge in [0, 0.05) is 24.9 Å². The highest BCUT2D eigenvalue weighted by Gasteiger charge is 2.10. The largest absolute Gasteiger partial charge is 0.383 e. The van der Waals surface area contributed by atoms with Crippen LogP contribution in [0.5, 0.6) is 0 Å². The Labute approximate surface area is 142 Å². The van der Waals surface area contributed by atoms with E-state index in [4.69, 9.17) is 4.74 Å². The molecule has 0 saturated carbocycles. The molecule has 0 unspecified atom stereocenters. The fraction of sp³-hybridized carbons (Fsp3) is 0.167. The number of para-hydroxylation sites is 2. The van der Waals surface area contributed by atoms with E-state index >= 15 is 0 Å². The molecular weight excluding hydrogens is 322 g/mol. The Bertz CT molecular complexity index is 1020. The number of H-pyrrole nitrogens is 1. The van der Waals surface area contributed by atoms with Crippen molar-refractivity contribution in [1.82, 2.24) is 14.9 Å². The van der Waals surface area contributed by atoms with Crippen LogP contribution < -0.4 is 16.4 Å². The second kappa shape index (κ2) is 7.14. The summed E-state index contributed by atoms with van der Waals surface area (Å²) in [5.41, 5.74) is 0.761. The van der Waals surface area contributed by atoms with Gasteiger partial charge in [-0.3, -0.25) is 19.0 Å². The maximum atomic E-state index is 12.3. The molecule has 1 amide bonds. The van der Waals surface area contributed by atoms with Crippen LogP contribution in [0.2, 0.25) is 0 Å². The molecule has 128 valence electrons. The number of carbonyl (C=O) groups is 1. The molecule has 1 heterocycles. The molecule has 0 atom stereocenters. The lowest BCUT2D eigenvalue weighted by Gasteiger charge is -2.10. The zero-order valence-corrected chi connectivity index (χ0v) is 13.6. The number of amides is 1. The van der Waals surface area contributed by atoms with E-state index < -0.39 is 11.1 Å². The topological polar surface area (TPSA) is 93.2 Å². The van der Waals surface area contributed by atoms with Gasteiger partial charge in [0.05, 0.1) is 17.6 Å². The van der Waals surface area contributed by atoms with Gasteiger partial charge in [0.25, 0.3) is 5.91 Å². The number of ether oxygens (including phenoxy) is 1. The predicted octanol–water partition coefficient (Wildman–Crippen LogP) is 1.06. The summed E-state index contributed by atoms with van der Waals surface area (Å²) in [7, 11) is 1.56. The van der Waals surface area contributed by atoms with Crippen LogP contribution in [0.3, 0.4) is 0 Å². The zero-order chi connectivity index (χ0) is 17.8. The average molecular weight is 339 g/mol. The number of fused-ring (bicyclic) bond motifs is 1. The van der Waals surface area contributed by atoms with Crippen LogP contribution in [0.15, 0.2) is 58.1 Å². The van der Waals surface area contributed by atoms with E-state index in [0.29, 0.717) is 35.4 Å². The fourth-order valence-electron chi connectivity index (χ4n) is 2.55. The van der Waals surface area contributed by atoms with Gasteiger partial charge in [-0.2, -0.15) is 0 Å². The van der Waals surface area contributed by atoms with E-state index in [-0.39, 0.29) is 5.91 Å². The maximum Gasteiger partial charge on any atom is 0.321 e. The van der Waals surface area contributed by atoms with Gasteiger partial charge in [0.2, 0.25) is 0 Å². The van der Waals surface area contributed by atoms with Crippen molar-refractivity contribution >= 4 is 16.9 Å². The molecule has 7 nitrogen and oxygen atoms in total. The first-order valence-corrected chi connectivity index (χ1v) is 7.73. The maximum absolute atomic E-state index is 12.3. The van der Waals surface area contributed by atoms with Crippen LogP contribution in [-0.4, -0.2) is 35.7 Å². The third kappa shape index (κ3) is 3.36. The second-order valence-corrected chi connectivity index (χ2v) is 5.41. The van der Waals surface area contributed by atoms with Crippen LogP contribution >= 0.6 is 0 Å². The predicted molar refractivity (Wildman–Crippen MR) is 94.4 cm³/mol. The number of hydrogen-bond donors (Lipinski definition) is 2. The minimum absolute atomic E-state index is 0.230. The number of benzene rings is 2. The number of nitrogens with one attached hydrogen (secondary N) is 2. The minimum atomic E-state index is -0.694. The first-order valence-electron chi connectivity index (χ1n) is 7.73. The first-order chi connectivity index (χ1) is 12.1. The third-order valence-corrected chi connectivity index (χ3v) is 3.77. The summed E-state index contributed by atoms with van der Waals surface area (Å²) < 4.78 is 6.22. The molecule has 0 radical (unpaired) electrons. The van der Waals surface area contributed by atoms with E-state index in [0.717, 1.165) is 0 Å². The fourth-order valence-corrected chi connectivity index (χ4v) is 2.55. The summed E-state index contributed by atoms with van der Waals surface area (Å²) in [5, 5.41) is 2.72. The first kappa shape index (κ1) is 16.7. The highest BCUT2D eigenvalue weighted by Crippen LogP contribution is 2.14. The molecule has 3 rings (SSSR count). The number of methoxy groups -OCH3 is 1. The Kier molecular flexibility index (Phi) is 4.76. The smallest absolute Gasteiger partial charge is 0.321 e. The molecule has 0 spiro atoms. The van der Waals surface area contributed by atoms with E-state index in [1.807, 2.05) is 0 Å². The molecule has 25 heavy (non-hydrogen) atoms.